The molecule has 0 saturated heterocycles. The van der Waals surface area contributed by atoms with E-state index in [1.807, 2.05) is 0 Å². The van der Waals surface area contributed by atoms with Crippen LogP contribution >= 0.6 is 0 Å². The van der Waals surface area contributed by atoms with Gasteiger partial charge < -0.3 is 19.8 Å². The number of hydrogen-bond donors (Lipinski definition) is 2. The summed E-state index contributed by atoms with van der Waals surface area (Å²) in [5.41, 5.74) is -0.111. The van der Waals surface area contributed by atoms with Gasteiger partial charge >= 0.3 is 5.97 Å². The minimum atomic E-state index is -0.883. The van der Waals surface area contributed by atoms with Crippen molar-refractivity contribution in [2.24, 2.45) is 17.8 Å². The molecule has 5 rings (SSSR count). The van der Waals surface area contributed by atoms with Gasteiger partial charge in [-0.25, -0.2) is 0 Å². The van der Waals surface area contributed by atoms with Crippen molar-refractivity contribution in [2.75, 3.05) is 6.54 Å². The third-order valence-corrected chi connectivity index (χ3v) is 6.24. The zero-order chi connectivity index (χ0) is 19.0. The molecule has 1 atom stereocenters. The molecule has 0 unspecified atom stereocenters. The van der Waals surface area contributed by atoms with Crippen LogP contribution in [0.2, 0.25) is 0 Å². The van der Waals surface area contributed by atoms with Gasteiger partial charge in [-0.15, -0.1) is 0 Å². The summed E-state index contributed by atoms with van der Waals surface area (Å²) >= 11 is 0. The van der Waals surface area contributed by atoms with E-state index in [0.717, 1.165) is 37.0 Å². The van der Waals surface area contributed by atoms with Crippen LogP contribution in [0.4, 0.5) is 0 Å². The van der Waals surface area contributed by atoms with Crippen molar-refractivity contribution >= 4 is 17.8 Å². The summed E-state index contributed by atoms with van der Waals surface area (Å²) in [7, 11) is 0. The molecule has 4 bridgehead atoms. The quantitative estimate of drug-likeness (QED) is 0.743. The van der Waals surface area contributed by atoms with Crippen LogP contribution < -0.4 is 10.6 Å². The van der Waals surface area contributed by atoms with Gasteiger partial charge in [0.2, 0.25) is 0 Å². The van der Waals surface area contributed by atoms with Gasteiger partial charge in [0, 0.05) is 5.54 Å². The largest absolute Gasteiger partial charge is 0.459 e. The molecule has 7 nitrogen and oxygen atoms in total. The van der Waals surface area contributed by atoms with Gasteiger partial charge in [0.1, 0.15) is 6.54 Å². The SMILES string of the molecule is C[C@H](OC(=O)CNC(=O)c1ccco1)C(=O)NC12CC3CC(CC(C3)C1)C2. The number of carbonyl (C=O) groups is 3. The summed E-state index contributed by atoms with van der Waals surface area (Å²) in [6, 6.07) is 3.09. The first-order chi connectivity index (χ1) is 12.9. The van der Waals surface area contributed by atoms with Crippen molar-refractivity contribution in [1.29, 1.82) is 0 Å². The fraction of sp³-hybridized carbons (Fsp3) is 0.650. The second kappa shape index (κ2) is 7.02. The smallest absolute Gasteiger partial charge is 0.326 e. The van der Waals surface area contributed by atoms with Crippen molar-refractivity contribution in [3.63, 3.8) is 0 Å². The van der Waals surface area contributed by atoms with Crippen LogP contribution in [0.15, 0.2) is 22.8 Å². The molecule has 2 N–H and O–H groups in total. The summed E-state index contributed by atoms with van der Waals surface area (Å²) in [5, 5.41) is 5.62. The van der Waals surface area contributed by atoms with Crippen LogP contribution in [-0.4, -0.2) is 36.0 Å². The standard InChI is InChI=1S/C20H26N2O5/c1-12(27-17(23)11-21-19(25)16-3-2-4-26-16)18(24)22-20-8-13-5-14(9-20)7-15(6-13)10-20/h2-4,12-15H,5-11H2,1H3,(H,21,25)(H,22,24)/t12-,13?,14?,15?,20?/m0/s1. The van der Waals surface area contributed by atoms with E-state index >= 15 is 0 Å². The van der Waals surface area contributed by atoms with Gasteiger partial charge in [-0.1, -0.05) is 0 Å². The topological polar surface area (TPSA) is 97.6 Å². The Bertz CT molecular complexity index is 691. The second-order valence-corrected chi connectivity index (χ2v) is 8.48. The molecule has 0 aromatic carbocycles. The summed E-state index contributed by atoms with van der Waals surface area (Å²) in [6.07, 6.45) is 7.54. The molecule has 7 heteroatoms. The van der Waals surface area contributed by atoms with Gasteiger partial charge in [-0.05, 0) is 75.3 Å². The summed E-state index contributed by atoms with van der Waals surface area (Å²) in [6.45, 7) is 1.26. The first-order valence-electron chi connectivity index (χ1n) is 9.76. The van der Waals surface area contributed by atoms with Crippen LogP contribution in [0.25, 0.3) is 0 Å². The highest BCUT2D eigenvalue weighted by molar-refractivity contribution is 5.93. The number of esters is 1. The van der Waals surface area contributed by atoms with Crippen molar-refractivity contribution in [1.82, 2.24) is 10.6 Å². The van der Waals surface area contributed by atoms with Crippen LogP contribution in [0.5, 0.6) is 0 Å². The Kier molecular flexibility index (Phi) is 4.70. The summed E-state index contributed by atoms with van der Waals surface area (Å²) in [4.78, 5) is 36.3. The van der Waals surface area contributed by atoms with Gasteiger partial charge in [-0.2, -0.15) is 0 Å². The van der Waals surface area contributed by atoms with Crippen molar-refractivity contribution < 1.29 is 23.5 Å². The van der Waals surface area contributed by atoms with E-state index in [-0.39, 0.29) is 23.8 Å². The average Bonchev–Trinajstić information content (AvgIpc) is 3.12. The molecule has 0 radical (unpaired) electrons. The molecule has 0 aliphatic heterocycles. The Morgan fingerprint density at radius 3 is 2.37 bits per heavy atom. The Balaban J connectivity index is 1.25. The molecule has 4 aliphatic rings. The third-order valence-electron chi connectivity index (χ3n) is 6.24. The summed E-state index contributed by atoms with van der Waals surface area (Å²) in [5.74, 6) is 0.910. The average molecular weight is 374 g/mol. The van der Waals surface area contributed by atoms with E-state index in [1.165, 1.54) is 31.6 Å². The number of hydrogen-bond acceptors (Lipinski definition) is 5. The zero-order valence-corrected chi connectivity index (χ0v) is 15.5. The number of nitrogens with one attached hydrogen (secondary N) is 2. The maximum Gasteiger partial charge on any atom is 0.326 e. The molecule has 2 amide bonds. The van der Waals surface area contributed by atoms with Crippen LogP contribution in [-0.2, 0) is 14.3 Å². The van der Waals surface area contributed by atoms with Gasteiger partial charge in [0.05, 0.1) is 6.26 Å². The monoisotopic (exact) mass is 374 g/mol. The normalized spacial score (nSPS) is 32.0. The fourth-order valence-electron chi connectivity index (χ4n) is 5.57. The van der Waals surface area contributed by atoms with E-state index in [4.69, 9.17) is 9.15 Å². The first-order valence-corrected chi connectivity index (χ1v) is 9.76. The van der Waals surface area contributed by atoms with Gasteiger partial charge in [0.15, 0.2) is 11.9 Å². The Labute approximate surface area is 158 Å². The molecule has 1 heterocycles. The molecule has 4 saturated carbocycles. The highest BCUT2D eigenvalue weighted by Gasteiger charge is 2.51. The molecular formula is C20H26N2O5. The van der Waals surface area contributed by atoms with E-state index in [1.54, 1.807) is 13.0 Å². The Hall–Kier alpha value is -2.31. The Morgan fingerprint density at radius 1 is 1.19 bits per heavy atom. The maximum absolute atomic E-state index is 12.6. The van der Waals surface area contributed by atoms with Crippen LogP contribution in [0, 0.1) is 17.8 Å². The summed E-state index contributed by atoms with van der Waals surface area (Å²) < 4.78 is 10.2. The van der Waals surface area contributed by atoms with Gasteiger partial charge in [0.25, 0.3) is 11.8 Å². The second-order valence-electron chi connectivity index (χ2n) is 8.48. The molecule has 27 heavy (non-hydrogen) atoms. The molecule has 4 aliphatic carbocycles. The molecule has 4 fully saturated rings. The van der Waals surface area contributed by atoms with Gasteiger partial charge in [-0.3, -0.25) is 14.4 Å². The number of furan rings is 1. The zero-order valence-electron chi connectivity index (χ0n) is 15.5. The lowest BCUT2D eigenvalue weighted by Crippen LogP contribution is -2.61. The van der Waals surface area contributed by atoms with Crippen LogP contribution in [0.1, 0.15) is 56.0 Å². The number of ether oxygens (including phenoxy) is 1. The predicted octanol–water partition coefficient (Wildman–Crippen LogP) is 2.03. The number of carbonyl (C=O) groups excluding carboxylic acids is 3. The van der Waals surface area contributed by atoms with Crippen LogP contribution in [0.3, 0.4) is 0 Å². The molecule has 0 spiro atoms. The minimum Gasteiger partial charge on any atom is -0.459 e. The number of rotatable bonds is 6. The highest BCUT2D eigenvalue weighted by atomic mass is 16.5. The number of amides is 2. The first kappa shape index (κ1) is 18.1. The molecule has 1 aromatic heterocycles. The molecule has 146 valence electrons. The molecular weight excluding hydrogens is 348 g/mol. The Morgan fingerprint density at radius 2 is 1.81 bits per heavy atom. The van der Waals surface area contributed by atoms with Crippen molar-refractivity contribution in [3.8, 4) is 0 Å². The van der Waals surface area contributed by atoms with Crippen molar-refractivity contribution in [3.05, 3.63) is 24.2 Å². The van der Waals surface area contributed by atoms with E-state index in [0.29, 0.717) is 0 Å². The third kappa shape index (κ3) is 3.87. The lowest BCUT2D eigenvalue weighted by atomic mass is 9.53. The van der Waals surface area contributed by atoms with Crippen molar-refractivity contribution in [2.45, 2.75) is 57.1 Å². The fourth-order valence-corrected chi connectivity index (χ4v) is 5.57. The van der Waals surface area contributed by atoms with E-state index in [2.05, 4.69) is 10.6 Å². The maximum atomic E-state index is 12.6. The van der Waals surface area contributed by atoms with E-state index in [9.17, 15) is 14.4 Å². The lowest BCUT2D eigenvalue weighted by molar-refractivity contribution is -0.155. The molecule has 1 aromatic rings. The highest BCUT2D eigenvalue weighted by Crippen LogP contribution is 2.55. The van der Waals surface area contributed by atoms with E-state index < -0.39 is 18.0 Å². The lowest BCUT2D eigenvalue weighted by Gasteiger charge is -2.57. The predicted molar refractivity (Wildman–Crippen MR) is 95.6 cm³/mol. The minimum absolute atomic E-state index is 0.111.